The van der Waals surface area contributed by atoms with Crippen LogP contribution in [0.3, 0.4) is 0 Å². The van der Waals surface area contributed by atoms with Gasteiger partial charge in [-0.25, -0.2) is 0 Å². The quantitative estimate of drug-likeness (QED) is 0.749. The number of hydrogen-bond acceptors (Lipinski definition) is 6. The van der Waals surface area contributed by atoms with Crippen LogP contribution in [-0.4, -0.2) is 37.7 Å². The molecule has 1 atom stereocenters. The van der Waals surface area contributed by atoms with E-state index in [0.717, 1.165) is 25.0 Å². The van der Waals surface area contributed by atoms with Gasteiger partial charge in [-0.2, -0.15) is 10.1 Å². The minimum atomic E-state index is -0.211. The molecule has 8 heteroatoms. The maximum Gasteiger partial charge on any atom is 0.275 e. The fourth-order valence-electron chi connectivity index (χ4n) is 3.33. The fraction of sp³-hybridized carbons (Fsp3) is 0.474. The molecule has 4 rings (SSSR count). The SMILES string of the molecule is Cc1ccc(-c2cc(C(=O)N3CCCC[C@H]3c3nc(C(C)C)no3)n[nH]2)o1. The third-order valence-corrected chi connectivity index (χ3v) is 4.83. The Kier molecular flexibility index (Phi) is 4.55. The standard InChI is InChI=1S/C19H23N5O3/c1-11(2)17-20-18(27-23-17)15-6-4-5-9-24(15)19(25)14-10-13(21-22-14)16-8-7-12(3)26-16/h7-8,10-11,15H,4-6,9H2,1-3H3,(H,21,22)/t15-/m0/s1. The topological polar surface area (TPSA) is 101 Å². The van der Waals surface area contributed by atoms with Crippen molar-refractivity contribution >= 4 is 5.91 Å². The summed E-state index contributed by atoms with van der Waals surface area (Å²) in [6.45, 7) is 6.55. The largest absolute Gasteiger partial charge is 0.460 e. The van der Waals surface area contributed by atoms with Crippen LogP contribution in [0.1, 0.15) is 73.0 Å². The molecule has 0 aromatic carbocycles. The number of hydrogen-bond donors (Lipinski definition) is 1. The van der Waals surface area contributed by atoms with Gasteiger partial charge in [0.25, 0.3) is 5.91 Å². The van der Waals surface area contributed by atoms with Gasteiger partial charge in [0.2, 0.25) is 5.89 Å². The van der Waals surface area contributed by atoms with Gasteiger partial charge in [0.1, 0.15) is 17.5 Å². The van der Waals surface area contributed by atoms with E-state index in [-0.39, 0.29) is 17.9 Å². The van der Waals surface area contributed by atoms with Gasteiger partial charge >= 0.3 is 0 Å². The molecule has 0 saturated carbocycles. The average molecular weight is 369 g/mol. The lowest BCUT2D eigenvalue weighted by atomic mass is 10.0. The van der Waals surface area contributed by atoms with E-state index in [9.17, 15) is 4.79 Å². The van der Waals surface area contributed by atoms with Crippen LogP contribution >= 0.6 is 0 Å². The molecule has 0 aliphatic carbocycles. The second-order valence-corrected chi connectivity index (χ2v) is 7.23. The zero-order valence-corrected chi connectivity index (χ0v) is 15.7. The van der Waals surface area contributed by atoms with Crippen LogP contribution in [0.4, 0.5) is 0 Å². The molecule has 1 fully saturated rings. The predicted molar refractivity (Wildman–Crippen MR) is 97.0 cm³/mol. The molecule has 3 aromatic heterocycles. The summed E-state index contributed by atoms with van der Waals surface area (Å²) in [6, 6.07) is 5.24. The van der Waals surface area contributed by atoms with E-state index >= 15 is 0 Å². The average Bonchev–Trinajstić information content (AvgIpc) is 3.41. The summed E-state index contributed by atoms with van der Waals surface area (Å²) in [6.07, 6.45) is 2.77. The molecule has 27 heavy (non-hydrogen) atoms. The van der Waals surface area contributed by atoms with E-state index in [0.29, 0.717) is 35.4 Å². The molecule has 1 amide bonds. The molecule has 8 nitrogen and oxygen atoms in total. The van der Waals surface area contributed by atoms with Crippen molar-refractivity contribution in [3.8, 4) is 11.5 Å². The third-order valence-electron chi connectivity index (χ3n) is 4.83. The highest BCUT2D eigenvalue weighted by atomic mass is 16.5. The lowest BCUT2D eigenvalue weighted by Crippen LogP contribution is -2.38. The van der Waals surface area contributed by atoms with E-state index in [2.05, 4.69) is 20.3 Å². The van der Waals surface area contributed by atoms with Crippen molar-refractivity contribution in [2.24, 2.45) is 0 Å². The first-order chi connectivity index (χ1) is 13.0. The molecule has 142 valence electrons. The summed E-state index contributed by atoms with van der Waals surface area (Å²) in [5.74, 6) is 2.67. The molecule has 4 heterocycles. The Morgan fingerprint density at radius 3 is 2.89 bits per heavy atom. The van der Waals surface area contributed by atoms with Crippen LogP contribution in [0.15, 0.2) is 27.1 Å². The fourth-order valence-corrected chi connectivity index (χ4v) is 3.33. The zero-order valence-electron chi connectivity index (χ0n) is 15.7. The molecule has 0 radical (unpaired) electrons. The number of aromatic nitrogens is 4. The number of carbonyl (C=O) groups is 1. The highest BCUT2D eigenvalue weighted by molar-refractivity contribution is 5.93. The summed E-state index contributed by atoms with van der Waals surface area (Å²) in [5.41, 5.74) is 1.04. The van der Waals surface area contributed by atoms with Crippen LogP contribution in [0.5, 0.6) is 0 Å². The number of aryl methyl sites for hydroxylation is 1. The van der Waals surface area contributed by atoms with Crippen LogP contribution in [-0.2, 0) is 0 Å². The molecule has 1 aliphatic heterocycles. The van der Waals surface area contributed by atoms with Gasteiger partial charge in [-0.15, -0.1) is 0 Å². The number of nitrogens with zero attached hydrogens (tertiary/aromatic N) is 4. The van der Waals surface area contributed by atoms with Crippen molar-refractivity contribution in [2.75, 3.05) is 6.54 Å². The molecule has 1 aliphatic rings. The lowest BCUT2D eigenvalue weighted by Gasteiger charge is -2.32. The van der Waals surface area contributed by atoms with Crippen LogP contribution in [0.2, 0.25) is 0 Å². The molecular weight excluding hydrogens is 346 g/mol. The van der Waals surface area contributed by atoms with Crippen molar-refractivity contribution in [2.45, 2.75) is 52.0 Å². The summed E-state index contributed by atoms with van der Waals surface area (Å²) < 4.78 is 11.1. The smallest absolute Gasteiger partial charge is 0.275 e. The Morgan fingerprint density at radius 1 is 1.33 bits per heavy atom. The normalized spacial score (nSPS) is 17.6. The first-order valence-electron chi connectivity index (χ1n) is 9.29. The number of carbonyl (C=O) groups excluding carboxylic acids is 1. The Balaban J connectivity index is 1.58. The van der Waals surface area contributed by atoms with Crippen LogP contribution < -0.4 is 0 Å². The summed E-state index contributed by atoms with van der Waals surface area (Å²) in [7, 11) is 0. The molecule has 0 unspecified atom stereocenters. The van der Waals surface area contributed by atoms with Crippen molar-refractivity contribution in [1.29, 1.82) is 0 Å². The number of amides is 1. The van der Waals surface area contributed by atoms with Gasteiger partial charge in [-0.1, -0.05) is 19.0 Å². The highest BCUT2D eigenvalue weighted by Gasteiger charge is 2.34. The third kappa shape index (κ3) is 3.39. The van der Waals surface area contributed by atoms with Crippen molar-refractivity contribution in [3.63, 3.8) is 0 Å². The number of piperidine rings is 1. The minimum absolute atomic E-state index is 0.144. The van der Waals surface area contributed by atoms with Gasteiger partial charge in [0.15, 0.2) is 17.3 Å². The maximum atomic E-state index is 13.1. The second kappa shape index (κ2) is 7.02. The Labute approximate surface area is 156 Å². The molecule has 1 saturated heterocycles. The zero-order chi connectivity index (χ0) is 19.0. The Hall–Kier alpha value is -2.90. The van der Waals surface area contributed by atoms with Gasteiger partial charge in [0, 0.05) is 18.5 Å². The van der Waals surface area contributed by atoms with Gasteiger partial charge in [-0.3, -0.25) is 9.89 Å². The van der Waals surface area contributed by atoms with E-state index in [1.807, 2.05) is 32.9 Å². The number of nitrogens with one attached hydrogen (secondary N) is 1. The predicted octanol–water partition coefficient (Wildman–Crippen LogP) is 3.85. The van der Waals surface area contributed by atoms with Crippen molar-refractivity contribution < 1.29 is 13.7 Å². The second-order valence-electron chi connectivity index (χ2n) is 7.23. The first-order valence-corrected chi connectivity index (χ1v) is 9.29. The number of rotatable bonds is 4. The Bertz CT molecular complexity index is 939. The molecule has 3 aromatic rings. The van der Waals surface area contributed by atoms with Gasteiger partial charge in [-0.05, 0) is 38.3 Å². The van der Waals surface area contributed by atoms with Crippen LogP contribution in [0.25, 0.3) is 11.5 Å². The summed E-state index contributed by atoms with van der Waals surface area (Å²) in [4.78, 5) is 19.4. The molecular formula is C19H23N5O3. The van der Waals surface area contributed by atoms with Crippen LogP contribution in [0, 0.1) is 6.92 Å². The number of likely N-dealkylation sites (tertiary alicyclic amines) is 1. The van der Waals surface area contributed by atoms with E-state index < -0.39 is 0 Å². The number of furan rings is 1. The molecule has 0 bridgehead atoms. The van der Waals surface area contributed by atoms with Gasteiger partial charge < -0.3 is 13.8 Å². The van der Waals surface area contributed by atoms with E-state index in [1.54, 1.807) is 11.0 Å². The summed E-state index contributed by atoms with van der Waals surface area (Å²) >= 11 is 0. The lowest BCUT2D eigenvalue weighted by molar-refractivity contribution is 0.0555. The molecule has 1 N–H and O–H groups in total. The van der Waals surface area contributed by atoms with Gasteiger partial charge in [0.05, 0.1) is 0 Å². The van der Waals surface area contributed by atoms with E-state index in [4.69, 9.17) is 8.94 Å². The molecule has 0 spiro atoms. The van der Waals surface area contributed by atoms with E-state index in [1.165, 1.54) is 0 Å². The summed E-state index contributed by atoms with van der Waals surface area (Å²) in [5, 5.41) is 11.1. The van der Waals surface area contributed by atoms with Crippen molar-refractivity contribution in [3.05, 3.63) is 41.4 Å². The van der Waals surface area contributed by atoms with Crippen molar-refractivity contribution in [1.82, 2.24) is 25.2 Å². The minimum Gasteiger partial charge on any atom is -0.460 e. The number of H-pyrrole nitrogens is 1. The Morgan fingerprint density at radius 2 is 2.19 bits per heavy atom. The maximum absolute atomic E-state index is 13.1. The first kappa shape index (κ1) is 17.5. The monoisotopic (exact) mass is 369 g/mol. The highest BCUT2D eigenvalue weighted by Crippen LogP contribution is 2.32. The number of aromatic amines is 1.